The summed E-state index contributed by atoms with van der Waals surface area (Å²) >= 11 is 0. The fourth-order valence-corrected chi connectivity index (χ4v) is 2.50. The number of nitrogens with one attached hydrogen (secondary N) is 1. The van der Waals surface area contributed by atoms with Crippen molar-refractivity contribution < 1.29 is 9.59 Å². The lowest BCUT2D eigenvalue weighted by molar-refractivity contribution is -0.129. The quantitative estimate of drug-likeness (QED) is 0.827. The van der Waals surface area contributed by atoms with Gasteiger partial charge >= 0.3 is 0 Å². The smallest absolute Gasteiger partial charge is 0.225 e. The van der Waals surface area contributed by atoms with E-state index in [1.165, 1.54) is 0 Å². The molecule has 0 aliphatic carbocycles. The van der Waals surface area contributed by atoms with Crippen molar-refractivity contribution in [3.05, 3.63) is 29.6 Å². The summed E-state index contributed by atoms with van der Waals surface area (Å²) < 4.78 is 0. The van der Waals surface area contributed by atoms with E-state index in [-0.39, 0.29) is 17.7 Å². The molecule has 2 amide bonds. The first-order chi connectivity index (χ1) is 10.5. The molecule has 0 radical (unpaired) electrons. The molecule has 120 valence electrons. The number of aromatic nitrogens is 1. The van der Waals surface area contributed by atoms with Gasteiger partial charge in [0.2, 0.25) is 11.8 Å². The third-order valence-electron chi connectivity index (χ3n) is 3.82. The molecule has 6 nitrogen and oxygen atoms in total. The number of hydrogen-bond donors (Lipinski definition) is 1. The number of nitrogens with zero attached hydrogens (tertiary/aromatic N) is 3. The van der Waals surface area contributed by atoms with E-state index in [9.17, 15) is 9.59 Å². The Morgan fingerprint density at radius 2 is 2.27 bits per heavy atom. The molecule has 1 aromatic heterocycles. The lowest BCUT2D eigenvalue weighted by Gasteiger charge is -2.19. The van der Waals surface area contributed by atoms with Gasteiger partial charge in [-0.3, -0.25) is 14.6 Å². The number of likely N-dealkylation sites (N-methyl/N-ethyl adjacent to an activating group) is 1. The normalized spacial score (nSPS) is 18.1. The van der Waals surface area contributed by atoms with Gasteiger partial charge in [0.15, 0.2) is 0 Å². The van der Waals surface area contributed by atoms with Crippen molar-refractivity contribution in [2.45, 2.75) is 19.9 Å². The Kier molecular flexibility index (Phi) is 5.49. The van der Waals surface area contributed by atoms with E-state index in [0.717, 1.165) is 17.8 Å². The van der Waals surface area contributed by atoms with Crippen LogP contribution in [0.25, 0.3) is 0 Å². The number of amides is 2. The average Bonchev–Trinajstić information content (AvgIpc) is 2.84. The second kappa shape index (κ2) is 7.35. The maximum Gasteiger partial charge on any atom is 0.225 e. The van der Waals surface area contributed by atoms with Crippen LogP contribution in [0.15, 0.2) is 18.3 Å². The van der Waals surface area contributed by atoms with Crippen LogP contribution in [0, 0.1) is 12.8 Å². The Morgan fingerprint density at radius 1 is 1.50 bits per heavy atom. The zero-order chi connectivity index (χ0) is 16.1. The van der Waals surface area contributed by atoms with E-state index in [4.69, 9.17) is 0 Å². The molecule has 0 spiro atoms. The van der Waals surface area contributed by atoms with Crippen molar-refractivity contribution in [3.8, 4) is 0 Å². The standard InChI is InChI=1S/C16H24N4O2/c1-12-4-5-17-14(8-12)10-18-16(22)13-9-15(21)20(11-13)7-6-19(2)3/h4-5,8,13H,6-7,9-11H2,1-3H3,(H,18,22). The third-order valence-corrected chi connectivity index (χ3v) is 3.82. The second-order valence-electron chi connectivity index (χ2n) is 6.09. The minimum atomic E-state index is -0.250. The molecule has 6 heteroatoms. The second-order valence-corrected chi connectivity index (χ2v) is 6.09. The summed E-state index contributed by atoms with van der Waals surface area (Å²) in [5, 5.41) is 2.88. The number of hydrogen-bond acceptors (Lipinski definition) is 4. The van der Waals surface area contributed by atoms with Crippen LogP contribution in [-0.4, -0.2) is 60.3 Å². The van der Waals surface area contributed by atoms with Crippen LogP contribution in [0.1, 0.15) is 17.7 Å². The van der Waals surface area contributed by atoms with Gasteiger partial charge in [-0.1, -0.05) is 0 Å². The molecule has 2 heterocycles. The number of carbonyl (C=O) groups excluding carboxylic acids is 2. The topological polar surface area (TPSA) is 65.5 Å². The van der Waals surface area contributed by atoms with Gasteiger partial charge in [-0.15, -0.1) is 0 Å². The van der Waals surface area contributed by atoms with E-state index in [1.54, 1.807) is 11.1 Å². The Morgan fingerprint density at radius 3 is 2.95 bits per heavy atom. The maximum atomic E-state index is 12.2. The first kappa shape index (κ1) is 16.4. The van der Waals surface area contributed by atoms with Gasteiger partial charge in [0, 0.05) is 32.3 Å². The van der Waals surface area contributed by atoms with Crippen molar-refractivity contribution in [2.24, 2.45) is 5.92 Å². The van der Waals surface area contributed by atoms with Crippen molar-refractivity contribution in [1.82, 2.24) is 20.1 Å². The lowest BCUT2D eigenvalue weighted by Crippen LogP contribution is -2.35. The average molecular weight is 304 g/mol. The highest BCUT2D eigenvalue weighted by molar-refractivity contribution is 5.89. The molecule has 2 rings (SSSR count). The summed E-state index contributed by atoms with van der Waals surface area (Å²) in [6.07, 6.45) is 2.04. The molecule has 0 aromatic carbocycles. The number of pyridine rings is 1. The van der Waals surface area contributed by atoms with Crippen LogP contribution < -0.4 is 5.32 Å². The summed E-state index contributed by atoms with van der Waals surface area (Å²) in [5.74, 6) is -0.251. The van der Waals surface area contributed by atoms with Gasteiger partial charge in [-0.25, -0.2) is 0 Å². The van der Waals surface area contributed by atoms with Crippen LogP contribution in [0.5, 0.6) is 0 Å². The Hall–Kier alpha value is -1.95. The minimum Gasteiger partial charge on any atom is -0.350 e. The van der Waals surface area contributed by atoms with Crippen molar-refractivity contribution in [1.29, 1.82) is 0 Å². The minimum absolute atomic E-state index is 0.0654. The van der Waals surface area contributed by atoms with Crippen molar-refractivity contribution in [2.75, 3.05) is 33.7 Å². The zero-order valence-corrected chi connectivity index (χ0v) is 13.5. The SMILES string of the molecule is Cc1ccnc(CNC(=O)C2CC(=O)N(CCN(C)C)C2)c1. The first-order valence-corrected chi connectivity index (χ1v) is 7.57. The molecule has 0 saturated carbocycles. The highest BCUT2D eigenvalue weighted by Gasteiger charge is 2.33. The summed E-state index contributed by atoms with van der Waals surface area (Å²) in [6, 6.07) is 3.87. The number of likely N-dealkylation sites (tertiary alicyclic amines) is 1. The Balaban J connectivity index is 1.82. The van der Waals surface area contributed by atoms with Crippen molar-refractivity contribution in [3.63, 3.8) is 0 Å². The summed E-state index contributed by atoms with van der Waals surface area (Å²) in [6.45, 7) is 4.40. The van der Waals surface area contributed by atoms with Gasteiger partial charge in [-0.2, -0.15) is 0 Å². The fraction of sp³-hybridized carbons (Fsp3) is 0.562. The summed E-state index contributed by atoms with van der Waals surface area (Å²) in [4.78, 5) is 32.2. The Bertz CT molecular complexity index is 545. The molecule has 0 bridgehead atoms. The number of rotatable bonds is 6. The molecule has 1 aliphatic heterocycles. The monoisotopic (exact) mass is 304 g/mol. The fourth-order valence-electron chi connectivity index (χ4n) is 2.50. The van der Waals surface area contributed by atoms with Crippen LogP contribution in [0.4, 0.5) is 0 Å². The van der Waals surface area contributed by atoms with Gasteiger partial charge in [0.25, 0.3) is 0 Å². The number of carbonyl (C=O) groups is 2. The Labute approximate surface area is 131 Å². The summed E-state index contributed by atoms with van der Waals surface area (Å²) in [7, 11) is 3.94. The first-order valence-electron chi connectivity index (χ1n) is 7.57. The molecule has 1 N–H and O–H groups in total. The molecule has 1 aromatic rings. The van der Waals surface area contributed by atoms with Crippen LogP contribution in [0.3, 0.4) is 0 Å². The van der Waals surface area contributed by atoms with E-state index < -0.39 is 0 Å². The third kappa shape index (κ3) is 4.53. The van der Waals surface area contributed by atoms with Crippen LogP contribution in [0.2, 0.25) is 0 Å². The molecule has 1 fully saturated rings. The molecular formula is C16H24N4O2. The molecule has 1 saturated heterocycles. The van der Waals surface area contributed by atoms with Crippen molar-refractivity contribution >= 4 is 11.8 Å². The molecule has 1 aliphatic rings. The highest BCUT2D eigenvalue weighted by Crippen LogP contribution is 2.17. The molecule has 1 atom stereocenters. The number of aryl methyl sites for hydroxylation is 1. The van der Waals surface area contributed by atoms with E-state index >= 15 is 0 Å². The molecule has 22 heavy (non-hydrogen) atoms. The van der Waals surface area contributed by atoms with Crippen LogP contribution >= 0.6 is 0 Å². The zero-order valence-electron chi connectivity index (χ0n) is 13.5. The van der Waals surface area contributed by atoms with Gasteiger partial charge in [0.05, 0.1) is 18.2 Å². The lowest BCUT2D eigenvalue weighted by atomic mass is 10.1. The largest absolute Gasteiger partial charge is 0.350 e. The molecule has 1 unspecified atom stereocenters. The summed E-state index contributed by atoms with van der Waals surface area (Å²) in [5.41, 5.74) is 1.95. The maximum absolute atomic E-state index is 12.2. The predicted octanol–water partition coefficient (Wildman–Crippen LogP) is 0.416. The predicted molar refractivity (Wildman–Crippen MR) is 84.1 cm³/mol. The van der Waals surface area contributed by atoms with Crippen LogP contribution in [-0.2, 0) is 16.1 Å². The highest BCUT2D eigenvalue weighted by atomic mass is 16.2. The van der Waals surface area contributed by atoms with E-state index in [0.29, 0.717) is 26.1 Å². The van der Waals surface area contributed by atoms with E-state index in [1.807, 2.05) is 38.1 Å². The van der Waals surface area contributed by atoms with Gasteiger partial charge in [-0.05, 0) is 38.7 Å². The molecular weight excluding hydrogens is 280 g/mol. The van der Waals surface area contributed by atoms with Gasteiger partial charge < -0.3 is 15.1 Å². The van der Waals surface area contributed by atoms with Gasteiger partial charge in [0.1, 0.15) is 0 Å². The van der Waals surface area contributed by atoms with E-state index in [2.05, 4.69) is 10.3 Å².